The Bertz CT molecular complexity index is 340. The second-order valence-electron chi connectivity index (χ2n) is 4.95. The zero-order chi connectivity index (χ0) is 12.3. The maximum absolute atomic E-state index is 9.29. The molecule has 1 aliphatic heterocycles. The number of aliphatic hydroxyl groups excluding tert-OH is 1. The summed E-state index contributed by atoms with van der Waals surface area (Å²) in [7, 11) is 0. The molecule has 3 heteroatoms. The van der Waals surface area contributed by atoms with Crippen molar-refractivity contribution in [2.45, 2.75) is 44.9 Å². The monoisotopic (exact) mass is 235 g/mol. The smallest absolute Gasteiger partial charge is 0.123 e. The fourth-order valence-electron chi connectivity index (χ4n) is 2.30. The number of nitrogens with one attached hydrogen (secondary N) is 1. The van der Waals surface area contributed by atoms with Gasteiger partial charge in [-0.05, 0) is 31.9 Å². The Labute approximate surface area is 103 Å². The van der Waals surface area contributed by atoms with Crippen LogP contribution in [0.2, 0.25) is 0 Å². The number of hydrogen-bond donors (Lipinski definition) is 2. The summed E-state index contributed by atoms with van der Waals surface area (Å²) in [5.74, 6) is 1.02. The van der Waals surface area contributed by atoms with E-state index in [9.17, 15) is 5.11 Å². The van der Waals surface area contributed by atoms with Crippen LogP contribution >= 0.6 is 0 Å². The fourth-order valence-corrected chi connectivity index (χ4v) is 2.30. The van der Waals surface area contributed by atoms with Crippen molar-refractivity contribution in [3.63, 3.8) is 0 Å². The first-order chi connectivity index (χ1) is 8.15. The van der Waals surface area contributed by atoms with Crippen molar-refractivity contribution in [2.24, 2.45) is 0 Å². The molecule has 1 aromatic rings. The molecule has 17 heavy (non-hydrogen) atoms. The fraction of sp³-hybridized carbons (Fsp3) is 0.571. The van der Waals surface area contributed by atoms with Crippen LogP contribution in [0.25, 0.3) is 0 Å². The van der Waals surface area contributed by atoms with Gasteiger partial charge >= 0.3 is 0 Å². The highest BCUT2D eigenvalue weighted by Gasteiger charge is 2.22. The second-order valence-corrected chi connectivity index (χ2v) is 4.95. The van der Waals surface area contributed by atoms with Gasteiger partial charge in [-0.2, -0.15) is 0 Å². The maximum Gasteiger partial charge on any atom is 0.123 e. The number of para-hydroxylation sites is 1. The zero-order valence-electron chi connectivity index (χ0n) is 10.5. The van der Waals surface area contributed by atoms with Gasteiger partial charge in [-0.1, -0.05) is 18.2 Å². The summed E-state index contributed by atoms with van der Waals surface area (Å²) >= 11 is 0. The summed E-state index contributed by atoms with van der Waals surface area (Å²) in [5.41, 5.74) is 1.29. The van der Waals surface area contributed by atoms with Crippen molar-refractivity contribution in [3.05, 3.63) is 29.8 Å². The second kappa shape index (κ2) is 5.52. The molecule has 0 spiro atoms. The van der Waals surface area contributed by atoms with Crippen LogP contribution < -0.4 is 10.1 Å². The summed E-state index contributed by atoms with van der Waals surface area (Å²) in [5, 5.41) is 12.7. The minimum atomic E-state index is -0.251. The molecular weight excluding hydrogens is 214 g/mol. The molecule has 1 heterocycles. The molecule has 2 rings (SSSR count). The topological polar surface area (TPSA) is 41.5 Å². The first-order valence-corrected chi connectivity index (χ1v) is 6.31. The number of benzene rings is 1. The predicted molar refractivity (Wildman–Crippen MR) is 68.3 cm³/mol. The van der Waals surface area contributed by atoms with Gasteiger partial charge in [0.1, 0.15) is 11.9 Å². The lowest BCUT2D eigenvalue weighted by atomic mass is 10.1. The van der Waals surface area contributed by atoms with E-state index in [0.717, 1.165) is 25.1 Å². The van der Waals surface area contributed by atoms with E-state index < -0.39 is 0 Å². The minimum absolute atomic E-state index is 0.226. The Kier molecular flexibility index (Phi) is 4.02. The molecule has 0 radical (unpaired) electrons. The molecule has 0 amide bonds. The van der Waals surface area contributed by atoms with Gasteiger partial charge in [-0.25, -0.2) is 0 Å². The van der Waals surface area contributed by atoms with Gasteiger partial charge in [0.15, 0.2) is 0 Å². The van der Waals surface area contributed by atoms with E-state index in [2.05, 4.69) is 18.3 Å². The Hall–Kier alpha value is -1.06. The molecular formula is C14H21NO2. The third-order valence-corrected chi connectivity index (χ3v) is 3.10. The van der Waals surface area contributed by atoms with Gasteiger partial charge in [0, 0.05) is 19.0 Å². The third-order valence-electron chi connectivity index (χ3n) is 3.10. The normalized spacial score (nSPS) is 21.7. The molecule has 1 aliphatic rings. The lowest BCUT2D eigenvalue weighted by molar-refractivity contribution is 0.163. The molecule has 0 saturated carbocycles. The molecule has 1 aromatic carbocycles. The summed E-state index contributed by atoms with van der Waals surface area (Å²) in [4.78, 5) is 0. The van der Waals surface area contributed by atoms with Crippen LogP contribution in [0.1, 0.15) is 25.8 Å². The first-order valence-electron chi connectivity index (χ1n) is 6.31. The lowest BCUT2D eigenvalue weighted by Gasteiger charge is -2.18. The molecule has 94 valence electrons. The summed E-state index contributed by atoms with van der Waals surface area (Å²) in [6.45, 7) is 4.75. The van der Waals surface area contributed by atoms with Crippen LogP contribution in [0.4, 0.5) is 0 Å². The number of ether oxygens (including phenoxy) is 1. The van der Waals surface area contributed by atoms with Gasteiger partial charge in [0.25, 0.3) is 0 Å². The van der Waals surface area contributed by atoms with Crippen LogP contribution in [0.5, 0.6) is 5.75 Å². The van der Waals surface area contributed by atoms with Crippen LogP contribution in [-0.4, -0.2) is 29.9 Å². The Balaban J connectivity index is 1.76. The number of fused-ring (bicyclic) bond motifs is 1. The molecule has 3 unspecified atom stereocenters. The van der Waals surface area contributed by atoms with Crippen LogP contribution in [-0.2, 0) is 6.42 Å². The molecule has 0 fully saturated rings. The third kappa shape index (κ3) is 3.45. The summed E-state index contributed by atoms with van der Waals surface area (Å²) < 4.78 is 5.84. The minimum Gasteiger partial charge on any atom is -0.488 e. The lowest BCUT2D eigenvalue weighted by Crippen LogP contribution is -2.37. The van der Waals surface area contributed by atoms with E-state index in [1.807, 2.05) is 25.1 Å². The van der Waals surface area contributed by atoms with Gasteiger partial charge in [0.2, 0.25) is 0 Å². The van der Waals surface area contributed by atoms with Crippen molar-refractivity contribution < 1.29 is 9.84 Å². The molecule has 3 atom stereocenters. The molecule has 0 saturated heterocycles. The Morgan fingerprint density at radius 3 is 2.88 bits per heavy atom. The quantitative estimate of drug-likeness (QED) is 0.817. The van der Waals surface area contributed by atoms with Crippen LogP contribution in [0.15, 0.2) is 24.3 Å². The highest BCUT2D eigenvalue weighted by molar-refractivity contribution is 5.37. The van der Waals surface area contributed by atoms with Crippen LogP contribution in [0.3, 0.4) is 0 Å². The average Bonchev–Trinajstić information content (AvgIpc) is 2.68. The highest BCUT2D eigenvalue weighted by atomic mass is 16.5. The van der Waals surface area contributed by atoms with E-state index in [-0.39, 0.29) is 12.2 Å². The number of aliphatic hydroxyl groups is 1. The number of hydrogen-bond acceptors (Lipinski definition) is 3. The van der Waals surface area contributed by atoms with Gasteiger partial charge < -0.3 is 15.2 Å². The highest BCUT2D eigenvalue weighted by Crippen LogP contribution is 2.27. The van der Waals surface area contributed by atoms with Crippen molar-refractivity contribution in [3.8, 4) is 5.75 Å². The molecule has 2 N–H and O–H groups in total. The van der Waals surface area contributed by atoms with Gasteiger partial charge in [-0.15, -0.1) is 0 Å². The van der Waals surface area contributed by atoms with E-state index in [0.29, 0.717) is 6.04 Å². The zero-order valence-corrected chi connectivity index (χ0v) is 10.5. The molecule has 0 bridgehead atoms. The maximum atomic E-state index is 9.29. The molecule has 3 nitrogen and oxygen atoms in total. The van der Waals surface area contributed by atoms with E-state index >= 15 is 0 Å². The van der Waals surface area contributed by atoms with E-state index in [4.69, 9.17) is 4.74 Å². The Morgan fingerprint density at radius 2 is 2.18 bits per heavy atom. The summed E-state index contributed by atoms with van der Waals surface area (Å²) in [6.07, 6.45) is 1.73. The molecule has 0 aromatic heterocycles. The van der Waals surface area contributed by atoms with Crippen molar-refractivity contribution >= 4 is 0 Å². The average molecular weight is 235 g/mol. The van der Waals surface area contributed by atoms with Crippen LogP contribution in [0, 0.1) is 0 Å². The first kappa shape index (κ1) is 12.4. The summed E-state index contributed by atoms with van der Waals surface area (Å²) in [6, 6.07) is 8.52. The standard InChI is InChI=1S/C14H21NO2/c1-10(7-11(2)16)15-9-13-8-12-5-3-4-6-14(12)17-13/h3-6,10-11,13,15-16H,7-9H2,1-2H3. The van der Waals surface area contributed by atoms with Crippen molar-refractivity contribution in [1.82, 2.24) is 5.32 Å². The number of rotatable bonds is 5. The van der Waals surface area contributed by atoms with Gasteiger partial charge in [-0.3, -0.25) is 0 Å². The Morgan fingerprint density at radius 1 is 1.41 bits per heavy atom. The molecule has 0 aliphatic carbocycles. The van der Waals surface area contributed by atoms with E-state index in [1.165, 1.54) is 5.56 Å². The van der Waals surface area contributed by atoms with Gasteiger partial charge in [0.05, 0.1) is 6.10 Å². The van der Waals surface area contributed by atoms with E-state index in [1.54, 1.807) is 0 Å². The largest absolute Gasteiger partial charge is 0.488 e. The predicted octanol–water partition coefficient (Wildman–Crippen LogP) is 1.74. The SMILES string of the molecule is CC(O)CC(C)NCC1Cc2ccccc2O1. The van der Waals surface area contributed by atoms with Crippen molar-refractivity contribution in [2.75, 3.05) is 6.54 Å². The van der Waals surface area contributed by atoms with Crippen molar-refractivity contribution in [1.29, 1.82) is 0 Å².